The van der Waals surface area contributed by atoms with E-state index in [4.69, 9.17) is 0 Å². The predicted molar refractivity (Wildman–Crippen MR) is 76.1 cm³/mol. The van der Waals surface area contributed by atoms with E-state index in [0.29, 0.717) is 4.43 Å². The first-order chi connectivity index (χ1) is 10.4. The molecule has 0 saturated heterocycles. The standard InChI is InChI=1S/C13H15N3O6/c1-2-13(8-17,16(21)22)12(18)11-7-14(19)9-5-3-4-6-10(9)15(11)20/h3-7,12,17-18H,2,8H2,1H3. The molecule has 22 heavy (non-hydrogen) atoms. The molecule has 0 amide bonds. The van der Waals surface area contributed by atoms with Crippen molar-refractivity contribution in [2.75, 3.05) is 6.61 Å². The Bertz CT molecular complexity index is 768. The van der Waals surface area contributed by atoms with Crippen molar-refractivity contribution in [3.8, 4) is 0 Å². The van der Waals surface area contributed by atoms with Gasteiger partial charge in [-0.25, -0.2) is 0 Å². The van der Waals surface area contributed by atoms with Gasteiger partial charge in [-0.1, -0.05) is 19.1 Å². The Morgan fingerprint density at radius 3 is 2.64 bits per heavy atom. The van der Waals surface area contributed by atoms with E-state index in [-0.39, 0.29) is 22.2 Å². The van der Waals surface area contributed by atoms with Crippen molar-refractivity contribution in [2.45, 2.75) is 25.0 Å². The molecule has 2 rings (SSSR count). The van der Waals surface area contributed by atoms with Crippen LogP contribution in [0, 0.1) is 20.2 Å². The van der Waals surface area contributed by atoms with Crippen LogP contribution in [0.2, 0.25) is 0 Å². The molecule has 2 N–H and O–H groups in total. The highest BCUT2D eigenvalue weighted by Gasteiger charge is 2.50. The van der Waals surface area contributed by atoms with Crippen LogP contribution < -0.4 is 4.43 Å². The number of benzene rings is 1. The second-order valence-electron chi connectivity index (χ2n) is 4.94. The summed E-state index contributed by atoms with van der Waals surface area (Å²) >= 11 is 0. The summed E-state index contributed by atoms with van der Waals surface area (Å²) in [4.78, 5) is 22.4. The Morgan fingerprint density at radius 1 is 1.45 bits per heavy atom. The molecule has 1 aromatic heterocycles. The van der Waals surface area contributed by atoms with E-state index in [9.17, 15) is 30.4 Å². The zero-order valence-electron chi connectivity index (χ0n) is 11.7. The molecule has 1 heterocycles. The zero-order chi connectivity index (χ0) is 16.5. The average molecular weight is 309 g/mol. The van der Waals surface area contributed by atoms with E-state index in [1.807, 2.05) is 0 Å². The van der Waals surface area contributed by atoms with Crippen molar-refractivity contribution >= 4 is 11.0 Å². The van der Waals surface area contributed by atoms with E-state index < -0.39 is 28.9 Å². The maximum Gasteiger partial charge on any atom is 0.285 e. The number of fused-ring (bicyclic) bond motifs is 1. The van der Waals surface area contributed by atoms with Crippen LogP contribution in [0.25, 0.3) is 11.0 Å². The third-order valence-electron chi connectivity index (χ3n) is 3.86. The van der Waals surface area contributed by atoms with Gasteiger partial charge in [0.25, 0.3) is 17.3 Å². The van der Waals surface area contributed by atoms with Crippen LogP contribution in [0.1, 0.15) is 25.1 Å². The highest BCUT2D eigenvalue weighted by Crippen LogP contribution is 2.31. The van der Waals surface area contributed by atoms with Crippen LogP contribution in [0.3, 0.4) is 0 Å². The predicted octanol–water partition coefficient (Wildman–Crippen LogP) is 0.353. The number of aliphatic hydroxyl groups excluding tert-OH is 2. The monoisotopic (exact) mass is 309 g/mol. The van der Waals surface area contributed by atoms with Gasteiger partial charge >= 0.3 is 0 Å². The summed E-state index contributed by atoms with van der Waals surface area (Å²) in [5, 5.41) is 43.2. The number of para-hydroxylation sites is 2. The molecular weight excluding hydrogens is 294 g/mol. The second kappa shape index (κ2) is 5.70. The summed E-state index contributed by atoms with van der Waals surface area (Å²) in [7, 11) is 0. The molecule has 0 aliphatic carbocycles. The van der Waals surface area contributed by atoms with Crippen molar-refractivity contribution in [1.29, 1.82) is 0 Å². The van der Waals surface area contributed by atoms with Crippen molar-refractivity contribution in [1.82, 2.24) is 4.73 Å². The molecule has 9 nitrogen and oxygen atoms in total. The van der Waals surface area contributed by atoms with Crippen LogP contribution in [0.5, 0.6) is 0 Å². The Hall–Kier alpha value is -2.52. The molecule has 0 fully saturated rings. The van der Waals surface area contributed by atoms with E-state index in [1.165, 1.54) is 25.1 Å². The van der Waals surface area contributed by atoms with Gasteiger partial charge in [0.15, 0.2) is 6.10 Å². The average Bonchev–Trinajstić information content (AvgIpc) is 2.52. The SMILES string of the molecule is CCC(CO)(C(O)c1c[n+](=O)c2ccccc2n1[O-])[N+](=O)[O-]. The molecule has 118 valence electrons. The Balaban J connectivity index is 2.71. The molecule has 0 bridgehead atoms. The topological polar surface area (TPSA) is 135 Å². The highest BCUT2D eigenvalue weighted by molar-refractivity contribution is 5.71. The summed E-state index contributed by atoms with van der Waals surface area (Å²) in [6.07, 6.45) is -1.35. The molecule has 0 radical (unpaired) electrons. The number of nitrogens with zero attached hydrogens (tertiary/aromatic N) is 3. The van der Waals surface area contributed by atoms with Crippen LogP contribution in [-0.4, -0.2) is 32.0 Å². The number of aromatic nitrogens is 2. The molecule has 2 unspecified atom stereocenters. The van der Waals surface area contributed by atoms with Gasteiger partial charge < -0.3 is 20.2 Å². The number of hydrogen-bond acceptors (Lipinski definition) is 6. The molecule has 0 saturated carbocycles. The van der Waals surface area contributed by atoms with E-state index in [1.54, 1.807) is 6.07 Å². The number of rotatable bonds is 5. The summed E-state index contributed by atoms with van der Waals surface area (Å²) < 4.78 is 0.637. The highest BCUT2D eigenvalue weighted by atomic mass is 16.6. The second-order valence-corrected chi connectivity index (χ2v) is 4.94. The first-order valence-electron chi connectivity index (χ1n) is 6.56. The summed E-state index contributed by atoms with van der Waals surface area (Å²) in [6.45, 7) is 0.438. The van der Waals surface area contributed by atoms with Crippen molar-refractivity contribution in [3.63, 3.8) is 0 Å². The molecule has 2 aromatic rings. The smallest absolute Gasteiger partial charge is 0.285 e. The fourth-order valence-corrected chi connectivity index (χ4v) is 2.34. The maximum absolute atomic E-state index is 12.3. The Morgan fingerprint density at radius 2 is 2.09 bits per heavy atom. The molecule has 0 spiro atoms. The fraction of sp³-hybridized carbons (Fsp3) is 0.385. The number of hydrogen-bond donors (Lipinski definition) is 2. The van der Waals surface area contributed by atoms with Gasteiger partial charge in [-0.15, -0.1) is 0 Å². The first-order valence-corrected chi connectivity index (χ1v) is 6.56. The van der Waals surface area contributed by atoms with Crippen LogP contribution in [0.4, 0.5) is 0 Å². The van der Waals surface area contributed by atoms with Crippen molar-refractivity contribution < 1.29 is 19.6 Å². The normalized spacial score (nSPS) is 15.4. The molecule has 1 aromatic carbocycles. The van der Waals surface area contributed by atoms with Gasteiger partial charge in [0, 0.05) is 22.3 Å². The number of aliphatic hydroxyl groups is 2. The molecule has 2 atom stereocenters. The third-order valence-corrected chi connectivity index (χ3v) is 3.86. The van der Waals surface area contributed by atoms with Gasteiger partial charge in [0.05, 0.1) is 4.43 Å². The Kier molecular flexibility index (Phi) is 4.11. The van der Waals surface area contributed by atoms with Crippen LogP contribution in [0.15, 0.2) is 30.5 Å². The summed E-state index contributed by atoms with van der Waals surface area (Å²) in [5.41, 5.74) is -2.59. The minimum atomic E-state index is -2.15. The summed E-state index contributed by atoms with van der Waals surface area (Å²) in [6, 6.07) is 5.87. The fourth-order valence-electron chi connectivity index (χ4n) is 2.34. The molecule has 9 heteroatoms. The lowest BCUT2D eigenvalue weighted by Crippen LogP contribution is -2.48. The van der Waals surface area contributed by atoms with Gasteiger partial charge in [-0.2, -0.15) is 0 Å². The lowest BCUT2D eigenvalue weighted by molar-refractivity contribution is -0.589. The number of nitro groups is 1. The van der Waals surface area contributed by atoms with Gasteiger partial charge in [-0.05, 0) is 6.07 Å². The third kappa shape index (κ3) is 2.20. The maximum atomic E-state index is 12.3. The van der Waals surface area contributed by atoms with Crippen molar-refractivity contribution in [2.24, 2.45) is 0 Å². The van der Waals surface area contributed by atoms with Gasteiger partial charge in [-0.3, -0.25) is 10.1 Å². The largest absolute Gasteiger partial charge is 0.805 e. The first kappa shape index (κ1) is 15.9. The van der Waals surface area contributed by atoms with E-state index >= 15 is 0 Å². The van der Waals surface area contributed by atoms with Crippen LogP contribution >= 0.6 is 0 Å². The van der Waals surface area contributed by atoms with Crippen LogP contribution in [-0.2, 0) is 0 Å². The minimum absolute atomic E-state index is 0.0275. The lowest BCUT2D eigenvalue weighted by Gasteiger charge is -2.29. The van der Waals surface area contributed by atoms with E-state index in [2.05, 4.69) is 0 Å². The van der Waals surface area contributed by atoms with Gasteiger partial charge in [0.2, 0.25) is 0 Å². The minimum Gasteiger partial charge on any atom is -0.805 e. The Labute approximate surface area is 124 Å². The molecule has 0 aliphatic heterocycles. The quantitative estimate of drug-likeness (QED) is 0.465. The van der Waals surface area contributed by atoms with Gasteiger partial charge in [0.1, 0.15) is 17.8 Å². The summed E-state index contributed by atoms with van der Waals surface area (Å²) in [5.74, 6) is 0. The molecular formula is C13H15N3O6. The molecule has 0 aliphatic rings. The van der Waals surface area contributed by atoms with E-state index in [0.717, 1.165) is 6.20 Å². The zero-order valence-corrected chi connectivity index (χ0v) is 11.7. The lowest BCUT2D eigenvalue weighted by atomic mass is 9.89. The van der Waals surface area contributed by atoms with Crippen molar-refractivity contribution in [3.05, 3.63) is 56.4 Å².